The maximum atomic E-state index is 11.2. The molecular weight excluding hydrogens is 292 g/mol. The van der Waals surface area contributed by atoms with Crippen molar-refractivity contribution in [1.82, 2.24) is 4.98 Å². The van der Waals surface area contributed by atoms with E-state index in [-0.39, 0.29) is 0 Å². The van der Waals surface area contributed by atoms with E-state index in [4.69, 9.17) is 4.74 Å². The third-order valence-electron chi connectivity index (χ3n) is 1.83. The number of hydrogen-bond donors (Lipinski definition) is 1. The Labute approximate surface area is 105 Å². The van der Waals surface area contributed by atoms with Crippen molar-refractivity contribution in [3.8, 4) is 0 Å². The summed E-state index contributed by atoms with van der Waals surface area (Å²) in [6.45, 7) is 2.11. The molecule has 2 aromatic rings. The molecule has 0 radical (unpaired) electrons. The second kappa shape index (κ2) is 4.80. The normalized spacial score (nSPS) is 10.4. The van der Waals surface area contributed by atoms with Gasteiger partial charge in [0.1, 0.15) is 0 Å². The SMILES string of the molecule is CCOC(=O)Nc1nc2ccc(Br)cc2s1. The number of benzene rings is 1. The molecule has 0 aliphatic rings. The standard InChI is InChI=1S/C10H9BrN2O2S/c1-2-15-10(14)13-9-12-7-4-3-6(11)5-8(7)16-9/h3-5H,2H2,1H3,(H,12,13,14). The molecule has 2 rings (SSSR count). The predicted octanol–water partition coefficient (Wildman–Crippen LogP) is 3.63. The number of amides is 1. The zero-order valence-corrected chi connectivity index (χ0v) is 10.9. The number of hydrogen-bond acceptors (Lipinski definition) is 4. The van der Waals surface area contributed by atoms with Gasteiger partial charge in [0.2, 0.25) is 0 Å². The van der Waals surface area contributed by atoms with Crippen LogP contribution in [0, 0.1) is 0 Å². The van der Waals surface area contributed by atoms with Crippen molar-refractivity contribution in [2.45, 2.75) is 6.92 Å². The van der Waals surface area contributed by atoms with E-state index in [0.29, 0.717) is 11.7 Å². The molecule has 0 fully saturated rings. The summed E-state index contributed by atoms with van der Waals surface area (Å²) in [5.74, 6) is 0. The van der Waals surface area contributed by atoms with Gasteiger partial charge in [0.15, 0.2) is 5.13 Å². The Bertz CT molecular complexity index is 527. The molecule has 0 saturated carbocycles. The highest BCUT2D eigenvalue weighted by Crippen LogP contribution is 2.28. The Kier molecular flexibility index (Phi) is 3.40. The van der Waals surface area contributed by atoms with Gasteiger partial charge in [-0.3, -0.25) is 5.32 Å². The topological polar surface area (TPSA) is 51.2 Å². The lowest BCUT2D eigenvalue weighted by Crippen LogP contribution is -2.12. The quantitative estimate of drug-likeness (QED) is 0.921. The van der Waals surface area contributed by atoms with Gasteiger partial charge in [0, 0.05) is 4.47 Å². The summed E-state index contributed by atoms with van der Waals surface area (Å²) in [7, 11) is 0. The number of ether oxygens (including phenoxy) is 1. The molecule has 1 aromatic heterocycles. The van der Waals surface area contributed by atoms with E-state index < -0.39 is 6.09 Å². The minimum atomic E-state index is -0.472. The number of carbonyl (C=O) groups is 1. The first-order chi connectivity index (χ1) is 7.69. The first-order valence-corrected chi connectivity index (χ1v) is 6.30. The summed E-state index contributed by atoms with van der Waals surface area (Å²) in [6, 6.07) is 5.77. The molecule has 1 aromatic carbocycles. The highest BCUT2D eigenvalue weighted by molar-refractivity contribution is 9.10. The van der Waals surface area contributed by atoms with Gasteiger partial charge in [-0.1, -0.05) is 27.3 Å². The Morgan fingerprint density at radius 3 is 3.19 bits per heavy atom. The van der Waals surface area contributed by atoms with Crippen LogP contribution in [-0.4, -0.2) is 17.7 Å². The summed E-state index contributed by atoms with van der Waals surface area (Å²) in [5.41, 5.74) is 0.861. The Morgan fingerprint density at radius 2 is 2.44 bits per heavy atom. The van der Waals surface area contributed by atoms with Crippen LogP contribution in [0.3, 0.4) is 0 Å². The first kappa shape index (κ1) is 11.3. The third kappa shape index (κ3) is 2.51. The molecule has 1 heterocycles. The van der Waals surface area contributed by atoms with Crippen molar-refractivity contribution in [1.29, 1.82) is 0 Å². The molecule has 0 bridgehead atoms. The van der Waals surface area contributed by atoms with E-state index in [9.17, 15) is 4.79 Å². The van der Waals surface area contributed by atoms with Crippen LogP contribution in [0.2, 0.25) is 0 Å². The van der Waals surface area contributed by atoms with E-state index >= 15 is 0 Å². The van der Waals surface area contributed by atoms with Crippen LogP contribution in [-0.2, 0) is 4.74 Å². The summed E-state index contributed by atoms with van der Waals surface area (Å²) in [6.07, 6.45) is -0.472. The maximum Gasteiger partial charge on any atom is 0.413 e. The molecule has 0 atom stereocenters. The van der Waals surface area contributed by atoms with Crippen LogP contribution in [0.15, 0.2) is 22.7 Å². The molecular formula is C10H9BrN2O2S. The Hall–Kier alpha value is -1.14. The zero-order valence-electron chi connectivity index (χ0n) is 8.49. The molecule has 84 valence electrons. The molecule has 6 heteroatoms. The molecule has 16 heavy (non-hydrogen) atoms. The number of thiazole rings is 1. The molecule has 0 aliphatic heterocycles. The van der Waals surface area contributed by atoms with Gasteiger partial charge >= 0.3 is 6.09 Å². The van der Waals surface area contributed by atoms with E-state index in [0.717, 1.165) is 14.7 Å². The van der Waals surface area contributed by atoms with Gasteiger partial charge in [-0.2, -0.15) is 0 Å². The fourth-order valence-electron chi connectivity index (χ4n) is 1.21. The lowest BCUT2D eigenvalue weighted by atomic mass is 10.3. The molecule has 1 N–H and O–H groups in total. The average molecular weight is 301 g/mol. The monoisotopic (exact) mass is 300 g/mol. The predicted molar refractivity (Wildman–Crippen MR) is 68.0 cm³/mol. The number of nitrogens with zero attached hydrogens (tertiary/aromatic N) is 1. The number of fused-ring (bicyclic) bond motifs is 1. The zero-order chi connectivity index (χ0) is 11.5. The van der Waals surface area contributed by atoms with Gasteiger partial charge < -0.3 is 4.74 Å². The molecule has 1 amide bonds. The summed E-state index contributed by atoms with van der Waals surface area (Å²) in [4.78, 5) is 15.4. The highest BCUT2D eigenvalue weighted by Gasteiger charge is 2.07. The van der Waals surface area contributed by atoms with E-state index in [1.165, 1.54) is 11.3 Å². The van der Waals surface area contributed by atoms with Crippen molar-refractivity contribution >= 4 is 48.7 Å². The number of rotatable bonds is 2. The van der Waals surface area contributed by atoms with Gasteiger partial charge in [-0.05, 0) is 25.1 Å². The highest BCUT2D eigenvalue weighted by atomic mass is 79.9. The molecule has 0 spiro atoms. The lowest BCUT2D eigenvalue weighted by Gasteiger charge is -1.99. The maximum absolute atomic E-state index is 11.2. The van der Waals surface area contributed by atoms with Gasteiger partial charge in [-0.25, -0.2) is 9.78 Å². The molecule has 0 saturated heterocycles. The van der Waals surface area contributed by atoms with E-state index in [2.05, 4.69) is 26.2 Å². The molecule has 0 aliphatic carbocycles. The van der Waals surface area contributed by atoms with Crippen LogP contribution >= 0.6 is 27.3 Å². The second-order valence-corrected chi connectivity index (χ2v) is 4.92. The van der Waals surface area contributed by atoms with Crippen molar-refractivity contribution in [2.24, 2.45) is 0 Å². The summed E-state index contributed by atoms with van der Waals surface area (Å²) >= 11 is 4.80. The van der Waals surface area contributed by atoms with Gasteiger partial charge in [0.25, 0.3) is 0 Å². The van der Waals surface area contributed by atoms with Gasteiger partial charge in [-0.15, -0.1) is 0 Å². The Balaban J connectivity index is 2.23. The minimum Gasteiger partial charge on any atom is -0.450 e. The largest absolute Gasteiger partial charge is 0.450 e. The minimum absolute atomic E-state index is 0.349. The number of carbonyl (C=O) groups excluding carboxylic acids is 1. The van der Waals surface area contributed by atoms with Crippen molar-refractivity contribution in [3.05, 3.63) is 22.7 Å². The fraction of sp³-hybridized carbons (Fsp3) is 0.200. The van der Waals surface area contributed by atoms with Crippen LogP contribution in [0.4, 0.5) is 9.93 Å². The van der Waals surface area contributed by atoms with Crippen LogP contribution in [0.1, 0.15) is 6.92 Å². The Morgan fingerprint density at radius 1 is 1.62 bits per heavy atom. The number of anilines is 1. The van der Waals surface area contributed by atoms with E-state index in [1.807, 2.05) is 18.2 Å². The van der Waals surface area contributed by atoms with Gasteiger partial charge in [0.05, 0.1) is 16.8 Å². The lowest BCUT2D eigenvalue weighted by molar-refractivity contribution is 0.168. The third-order valence-corrected chi connectivity index (χ3v) is 3.26. The van der Waals surface area contributed by atoms with Crippen LogP contribution < -0.4 is 5.32 Å². The van der Waals surface area contributed by atoms with Crippen LogP contribution in [0.25, 0.3) is 10.2 Å². The number of aromatic nitrogens is 1. The average Bonchev–Trinajstić information content (AvgIpc) is 2.59. The fourth-order valence-corrected chi connectivity index (χ4v) is 2.61. The van der Waals surface area contributed by atoms with Crippen LogP contribution in [0.5, 0.6) is 0 Å². The van der Waals surface area contributed by atoms with E-state index in [1.54, 1.807) is 6.92 Å². The summed E-state index contributed by atoms with van der Waals surface area (Å²) in [5, 5.41) is 3.13. The molecule has 0 unspecified atom stereocenters. The first-order valence-electron chi connectivity index (χ1n) is 4.69. The van der Waals surface area contributed by atoms with Crippen molar-refractivity contribution in [2.75, 3.05) is 11.9 Å². The second-order valence-electron chi connectivity index (χ2n) is 2.98. The smallest absolute Gasteiger partial charge is 0.413 e. The van der Waals surface area contributed by atoms with Crippen molar-refractivity contribution < 1.29 is 9.53 Å². The molecule has 4 nitrogen and oxygen atoms in total. The number of halogens is 1. The van der Waals surface area contributed by atoms with Crippen molar-refractivity contribution in [3.63, 3.8) is 0 Å². The summed E-state index contributed by atoms with van der Waals surface area (Å²) < 4.78 is 6.78. The number of nitrogens with one attached hydrogen (secondary N) is 1.